The smallest absolute Gasteiger partial charge is 0.196 e. The van der Waals surface area contributed by atoms with Crippen molar-refractivity contribution >= 4 is 35.0 Å². The molecule has 0 aliphatic carbocycles. The Hall–Kier alpha value is -2.27. The molecular formula is C25H23Cl2N3S. The van der Waals surface area contributed by atoms with Crippen LogP contribution in [0.15, 0.2) is 78.0 Å². The van der Waals surface area contributed by atoms with E-state index in [1.54, 1.807) is 11.8 Å². The van der Waals surface area contributed by atoms with Gasteiger partial charge in [0.2, 0.25) is 0 Å². The molecular weight excluding hydrogens is 445 g/mol. The van der Waals surface area contributed by atoms with Gasteiger partial charge in [-0.25, -0.2) is 0 Å². The lowest BCUT2D eigenvalue weighted by atomic mass is 9.87. The third kappa shape index (κ3) is 4.98. The average molecular weight is 468 g/mol. The third-order valence-corrected chi connectivity index (χ3v) is 6.75. The fraction of sp³-hybridized carbons (Fsp3) is 0.200. The van der Waals surface area contributed by atoms with Crippen LogP contribution >= 0.6 is 35.0 Å². The zero-order valence-electron chi connectivity index (χ0n) is 17.6. The molecule has 4 aromatic rings. The Balaban J connectivity index is 1.70. The lowest BCUT2D eigenvalue weighted by Gasteiger charge is -2.19. The fourth-order valence-corrected chi connectivity index (χ4v) is 4.47. The van der Waals surface area contributed by atoms with E-state index < -0.39 is 0 Å². The van der Waals surface area contributed by atoms with Crippen LogP contribution in [0.2, 0.25) is 10.0 Å². The molecule has 3 nitrogen and oxygen atoms in total. The molecule has 0 aliphatic rings. The van der Waals surface area contributed by atoms with Crippen molar-refractivity contribution in [3.63, 3.8) is 0 Å². The second-order valence-electron chi connectivity index (χ2n) is 8.34. The van der Waals surface area contributed by atoms with Crippen molar-refractivity contribution < 1.29 is 0 Å². The van der Waals surface area contributed by atoms with Gasteiger partial charge in [-0.15, -0.1) is 10.2 Å². The van der Waals surface area contributed by atoms with Gasteiger partial charge in [0.25, 0.3) is 0 Å². The van der Waals surface area contributed by atoms with Crippen LogP contribution in [0.5, 0.6) is 0 Å². The Kier molecular flexibility index (Phi) is 6.42. The van der Waals surface area contributed by atoms with Crippen LogP contribution in [-0.2, 0) is 11.2 Å². The highest BCUT2D eigenvalue weighted by molar-refractivity contribution is 7.98. The zero-order chi connectivity index (χ0) is 22.0. The fourth-order valence-electron chi connectivity index (χ4n) is 3.26. The van der Waals surface area contributed by atoms with Gasteiger partial charge >= 0.3 is 0 Å². The Morgan fingerprint density at radius 3 is 2.19 bits per heavy atom. The van der Waals surface area contributed by atoms with E-state index in [1.807, 2.05) is 36.4 Å². The van der Waals surface area contributed by atoms with E-state index in [-0.39, 0.29) is 5.41 Å². The highest BCUT2D eigenvalue weighted by atomic mass is 35.5. The van der Waals surface area contributed by atoms with Crippen LogP contribution in [0, 0.1) is 0 Å². The first-order valence-electron chi connectivity index (χ1n) is 10.0. The number of para-hydroxylation sites is 1. The lowest BCUT2D eigenvalue weighted by Crippen LogP contribution is -2.10. The largest absolute Gasteiger partial charge is 0.270 e. The number of aromatic nitrogens is 3. The predicted molar refractivity (Wildman–Crippen MR) is 132 cm³/mol. The van der Waals surface area contributed by atoms with Crippen LogP contribution < -0.4 is 0 Å². The molecule has 0 saturated carbocycles. The number of hydrogen-bond donors (Lipinski definition) is 0. The van der Waals surface area contributed by atoms with Crippen molar-refractivity contribution in [1.82, 2.24) is 14.8 Å². The molecule has 3 aromatic carbocycles. The Labute approximate surface area is 197 Å². The Morgan fingerprint density at radius 2 is 1.55 bits per heavy atom. The molecule has 4 rings (SSSR count). The van der Waals surface area contributed by atoms with E-state index in [2.05, 4.69) is 71.9 Å². The molecule has 6 heteroatoms. The summed E-state index contributed by atoms with van der Waals surface area (Å²) < 4.78 is 2.11. The van der Waals surface area contributed by atoms with Gasteiger partial charge in [-0.2, -0.15) is 0 Å². The first-order valence-corrected chi connectivity index (χ1v) is 11.8. The van der Waals surface area contributed by atoms with Crippen molar-refractivity contribution in [1.29, 1.82) is 0 Å². The predicted octanol–water partition coefficient (Wildman–Crippen LogP) is 7.83. The first-order chi connectivity index (χ1) is 14.8. The molecule has 0 saturated heterocycles. The lowest BCUT2D eigenvalue weighted by molar-refractivity contribution is 0.590. The molecule has 0 atom stereocenters. The van der Waals surface area contributed by atoms with Gasteiger partial charge < -0.3 is 0 Å². The maximum absolute atomic E-state index is 6.18. The quantitative estimate of drug-likeness (QED) is 0.280. The zero-order valence-corrected chi connectivity index (χ0v) is 20.0. The minimum atomic E-state index is 0.104. The van der Waals surface area contributed by atoms with Gasteiger partial charge in [0, 0.05) is 17.0 Å². The summed E-state index contributed by atoms with van der Waals surface area (Å²) in [5, 5.41) is 11.0. The number of halogens is 2. The Bertz CT molecular complexity index is 1180. The second kappa shape index (κ2) is 9.07. The summed E-state index contributed by atoms with van der Waals surface area (Å²) in [6.07, 6.45) is 0. The normalized spacial score (nSPS) is 11.6. The van der Waals surface area contributed by atoms with Gasteiger partial charge in [0.15, 0.2) is 11.0 Å². The molecule has 1 aromatic heterocycles. The molecule has 0 fully saturated rings. The van der Waals surface area contributed by atoms with Gasteiger partial charge in [-0.1, -0.05) is 104 Å². The average Bonchev–Trinajstić information content (AvgIpc) is 3.18. The molecule has 0 N–H and O–H groups in total. The van der Waals surface area contributed by atoms with E-state index in [4.69, 9.17) is 23.2 Å². The highest BCUT2D eigenvalue weighted by Crippen LogP contribution is 2.32. The van der Waals surface area contributed by atoms with Gasteiger partial charge in [-0.3, -0.25) is 4.57 Å². The minimum Gasteiger partial charge on any atom is -0.270 e. The summed E-state index contributed by atoms with van der Waals surface area (Å²) in [5.74, 6) is 1.54. The van der Waals surface area contributed by atoms with Crippen molar-refractivity contribution in [3.8, 4) is 17.1 Å². The second-order valence-corrected chi connectivity index (χ2v) is 10.1. The van der Waals surface area contributed by atoms with Crippen LogP contribution in [-0.4, -0.2) is 14.8 Å². The van der Waals surface area contributed by atoms with Crippen LogP contribution in [0.25, 0.3) is 17.1 Å². The van der Waals surface area contributed by atoms with E-state index in [0.29, 0.717) is 15.8 Å². The number of nitrogens with zero attached hydrogens (tertiary/aromatic N) is 3. The summed E-state index contributed by atoms with van der Waals surface area (Å²) >= 11 is 13.8. The molecule has 0 spiro atoms. The van der Waals surface area contributed by atoms with E-state index in [0.717, 1.165) is 27.8 Å². The van der Waals surface area contributed by atoms with Crippen molar-refractivity contribution in [2.45, 2.75) is 37.1 Å². The Morgan fingerprint density at radius 1 is 0.839 bits per heavy atom. The number of benzene rings is 3. The monoisotopic (exact) mass is 467 g/mol. The molecule has 31 heavy (non-hydrogen) atoms. The SMILES string of the molecule is CC(C)(C)c1ccc(-c2nnc(SCc3ccc(Cl)c(Cl)c3)n2-c2ccccc2)cc1. The molecule has 0 radical (unpaired) electrons. The van der Waals surface area contributed by atoms with Crippen LogP contribution in [0.4, 0.5) is 0 Å². The maximum Gasteiger partial charge on any atom is 0.196 e. The highest BCUT2D eigenvalue weighted by Gasteiger charge is 2.18. The van der Waals surface area contributed by atoms with Gasteiger partial charge in [0.1, 0.15) is 0 Å². The first kappa shape index (κ1) is 21.9. The van der Waals surface area contributed by atoms with Crippen LogP contribution in [0.3, 0.4) is 0 Å². The summed E-state index contributed by atoms with van der Waals surface area (Å²) in [6, 6.07) is 24.5. The van der Waals surface area contributed by atoms with Crippen molar-refractivity contribution in [2.75, 3.05) is 0 Å². The van der Waals surface area contributed by atoms with E-state index >= 15 is 0 Å². The molecule has 0 bridgehead atoms. The van der Waals surface area contributed by atoms with Crippen molar-refractivity contribution in [3.05, 3.63) is 94.0 Å². The summed E-state index contributed by atoms with van der Waals surface area (Å²) in [4.78, 5) is 0. The van der Waals surface area contributed by atoms with Gasteiger partial charge in [-0.05, 0) is 40.8 Å². The van der Waals surface area contributed by atoms with Gasteiger partial charge in [0.05, 0.1) is 10.0 Å². The summed E-state index contributed by atoms with van der Waals surface area (Å²) in [7, 11) is 0. The number of rotatable bonds is 5. The maximum atomic E-state index is 6.18. The summed E-state index contributed by atoms with van der Waals surface area (Å²) in [5.41, 5.74) is 4.53. The minimum absolute atomic E-state index is 0.104. The molecule has 0 aliphatic heterocycles. The molecule has 158 valence electrons. The topological polar surface area (TPSA) is 30.7 Å². The molecule has 0 unspecified atom stereocenters. The summed E-state index contributed by atoms with van der Waals surface area (Å²) in [6.45, 7) is 6.64. The number of thioether (sulfide) groups is 1. The third-order valence-electron chi connectivity index (χ3n) is 5.01. The standard InChI is InChI=1S/C25H23Cl2N3S/c1-25(2,3)19-12-10-18(11-13-19)23-28-29-24(30(23)20-7-5-4-6-8-20)31-16-17-9-14-21(26)22(27)15-17/h4-15H,16H2,1-3H3. The van der Waals surface area contributed by atoms with Crippen molar-refractivity contribution in [2.24, 2.45) is 0 Å². The molecule has 1 heterocycles. The van der Waals surface area contributed by atoms with E-state index in [9.17, 15) is 0 Å². The van der Waals surface area contributed by atoms with Crippen LogP contribution in [0.1, 0.15) is 31.9 Å². The van der Waals surface area contributed by atoms with E-state index in [1.165, 1.54) is 5.56 Å². The molecule has 0 amide bonds. The number of hydrogen-bond acceptors (Lipinski definition) is 3.